The van der Waals surface area contributed by atoms with Crippen molar-refractivity contribution in [3.8, 4) is 5.75 Å². The number of ether oxygens (including phenoxy) is 1. The van der Waals surface area contributed by atoms with Crippen molar-refractivity contribution in [2.45, 2.75) is 13.1 Å². The van der Waals surface area contributed by atoms with E-state index in [1.165, 1.54) is 13.2 Å². The maximum atomic E-state index is 13.0. The van der Waals surface area contributed by atoms with E-state index in [2.05, 4.69) is 5.32 Å². The van der Waals surface area contributed by atoms with Crippen LogP contribution in [0.15, 0.2) is 36.4 Å². The van der Waals surface area contributed by atoms with Crippen LogP contribution in [-0.2, 0) is 6.18 Å². The molecule has 0 radical (unpaired) electrons. The molecule has 5 nitrogen and oxygen atoms in total. The maximum absolute atomic E-state index is 13.0. The zero-order valence-corrected chi connectivity index (χ0v) is 12.3. The second kappa shape index (κ2) is 6.15. The van der Waals surface area contributed by atoms with Gasteiger partial charge in [-0.25, -0.2) is 0 Å². The van der Waals surface area contributed by atoms with Gasteiger partial charge in [-0.1, -0.05) is 6.07 Å². The summed E-state index contributed by atoms with van der Waals surface area (Å²) in [6.07, 6.45) is -4.81. The first-order chi connectivity index (χ1) is 10.7. The number of halogens is 3. The van der Waals surface area contributed by atoms with Crippen LogP contribution >= 0.6 is 0 Å². The summed E-state index contributed by atoms with van der Waals surface area (Å²) < 4.78 is 43.9. The van der Waals surface area contributed by atoms with Gasteiger partial charge in [0.1, 0.15) is 17.0 Å². The second-order valence-electron chi connectivity index (χ2n) is 4.76. The van der Waals surface area contributed by atoms with Gasteiger partial charge in [0.2, 0.25) is 0 Å². The number of para-hydroxylation sites is 1. The first kappa shape index (κ1) is 16.6. The Morgan fingerprint density at radius 1 is 1.17 bits per heavy atom. The number of methoxy groups -OCH3 is 1. The molecule has 23 heavy (non-hydrogen) atoms. The van der Waals surface area contributed by atoms with Crippen LogP contribution in [0.1, 0.15) is 11.1 Å². The molecule has 122 valence electrons. The minimum absolute atomic E-state index is 0.224. The van der Waals surface area contributed by atoms with E-state index in [-0.39, 0.29) is 5.69 Å². The molecule has 0 aliphatic heterocycles. The summed E-state index contributed by atoms with van der Waals surface area (Å²) in [5.41, 5.74) is -1.39. The Bertz CT molecular complexity index is 745. The number of hydrogen-bond acceptors (Lipinski definition) is 4. The van der Waals surface area contributed by atoms with E-state index < -0.39 is 22.4 Å². The van der Waals surface area contributed by atoms with Gasteiger partial charge in [0.15, 0.2) is 0 Å². The van der Waals surface area contributed by atoms with Crippen molar-refractivity contribution in [1.82, 2.24) is 0 Å². The van der Waals surface area contributed by atoms with Gasteiger partial charge in [0, 0.05) is 5.69 Å². The predicted octanol–water partition coefficient (Wildman–Crippen LogP) is 4.67. The molecule has 0 aliphatic carbocycles. The molecule has 0 aliphatic rings. The number of nitro groups is 1. The summed E-state index contributed by atoms with van der Waals surface area (Å²) >= 11 is 0. The van der Waals surface area contributed by atoms with Crippen LogP contribution in [-0.4, -0.2) is 12.0 Å². The smallest absolute Gasteiger partial charge is 0.423 e. The van der Waals surface area contributed by atoms with Crippen LogP contribution in [0.2, 0.25) is 0 Å². The highest BCUT2D eigenvalue weighted by atomic mass is 19.4. The van der Waals surface area contributed by atoms with E-state index in [1.54, 1.807) is 25.1 Å². The fourth-order valence-electron chi connectivity index (χ4n) is 2.12. The van der Waals surface area contributed by atoms with Crippen molar-refractivity contribution >= 4 is 17.1 Å². The first-order valence-electron chi connectivity index (χ1n) is 6.50. The molecule has 0 aromatic heterocycles. The van der Waals surface area contributed by atoms with Crippen molar-refractivity contribution in [2.75, 3.05) is 12.4 Å². The Hall–Kier alpha value is -2.77. The number of nitro benzene ring substituents is 1. The van der Waals surface area contributed by atoms with E-state index in [9.17, 15) is 23.3 Å². The van der Waals surface area contributed by atoms with Gasteiger partial charge in [-0.3, -0.25) is 10.1 Å². The van der Waals surface area contributed by atoms with Crippen LogP contribution in [0.4, 0.5) is 30.2 Å². The quantitative estimate of drug-likeness (QED) is 0.655. The lowest BCUT2D eigenvalue weighted by Gasteiger charge is -2.14. The Morgan fingerprint density at radius 2 is 1.87 bits per heavy atom. The number of nitrogens with zero attached hydrogens (tertiary/aromatic N) is 1. The van der Waals surface area contributed by atoms with E-state index in [0.29, 0.717) is 23.1 Å². The minimum atomic E-state index is -4.81. The molecule has 2 rings (SSSR count). The van der Waals surface area contributed by atoms with Gasteiger partial charge in [0.25, 0.3) is 0 Å². The molecule has 0 heterocycles. The monoisotopic (exact) mass is 326 g/mol. The van der Waals surface area contributed by atoms with Crippen LogP contribution in [0.3, 0.4) is 0 Å². The zero-order chi connectivity index (χ0) is 17.2. The fraction of sp³-hybridized carbons (Fsp3) is 0.200. The Balaban J connectivity index is 2.50. The summed E-state index contributed by atoms with van der Waals surface area (Å²) in [6.45, 7) is 1.71. The molecule has 2 aromatic carbocycles. The van der Waals surface area contributed by atoms with E-state index >= 15 is 0 Å². The van der Waals surface area contributed by atoms with Gasteiger partial charge in [0.05, 0.1) is 12.0 Å². The van der Waals surface area contributed by atoms with Crippen molar-refractivity contribution in [3.05, 3.63) is 57.6 Å². The molecule has 0 bridgehead atoms. The fourth-order valence-corrected chi connectivity index (χ4v) is 2.12. The zero-order valence-electron chi connectivity index (χ0n) is 12.3. The molecule has 0 saturated heterocycles. The number of benzene rings is 2. The van der Waals surface area contributed by atoms with Crippen LogP contribution in [0.25, 0.3) is 0 Å². The van der Waals surface area contributed by atoms with E-state index in [4.69, 9.17) is 4.74 Å². The number of aryl methyl sites for hydroxylation is 1. The minimum Gasteiger partial charge on any atom is -0.497 e. The van der Waals surface area contributed by atoms with Crippen LogP contribution in [0.5, 0.6) is 5.75 Å². The average Bonchev–Trinajstić information content (AvgIpc) is 2.47. The molecule has 1 N–H and O–H groups in total. The standard InChI is InChI=1S/C15H13F3N2O3/c1-9-8-10(23-2)6-7-12(9)19-13-5-3-4-11(15(16,17)18)14(13)20(21)22/h3-8,19H,1-2H3. The largest absolute Gasteiger partial charge is 0.497 e. The number of hydrogen-bond donors (Lipinski definition) is 1. The van der Waals surface area contributed by atoms with Gasteiger partial charge in [-0.2, -0.15) is 13.2 Å². The number of alkyl halides is 3. The highest BCUT2D eigenvalue weighted by Crippen LogP contribution is 2.41. The third-order valence-corrected chi connectivity index (χ3v) is 3.23. The summed E-state index contributed by atoms with van der Waals surface area (Å²) in [7, 11) is 1.49. The lowest BCUT2D eigenvalue weighted by molar-refractivity contribution is -0.387. The molecule has 0 spiro atoms. The van der Waals surface area contributed by atoms with Gasteiger partial charge < -0.3 is 10.1 Å². The van der Waals surface area contributed by atoms with Gasteiger partial charge >= 0.3 is 11.9 Å². The molecule has 0 atom stereocenters. The third kappa shape index (κ3) is 3.53. The van der Waals surface area contributed by atoms with Crippen molar-refractivity contribution in [3.63, 3.8) is 0 Å². The predicted molar refractivity (Wildman–Crippen MR) is 79.1 cm³/mol. The molecule has 0 saturated carbocycles. The van der Waals surface area contributed by atoms with Crippen molar-refractivity contribution in [2.24, 2.45) is 0 Å². The van der Waals surface area contributed by atoms with E-state index in [1.807, 2.05) is 0 Å². The molecule has 0 amide bonds. The summed E-state index contributed by atoms with van der Waals surface area (Å²) in [5, 5.41) is 13.8. The lowest BCUT2D eigenvalue weighted by atomic mass is 10.1. The van der Waals surface area contributed by atoms with E-state index in [0.717, 1.165) is 6.07 Å². The summed E-state index contributed by atoms with van der Waals surface area (Å²) in [5.74, 6) is 0.576. The Kier molecular flexibility index (Phi) is 4.44. The molecule has 8 heteroatoms. The molecule has 0 unspecified atom stereocenters. The topological polar surface area (TPSA) is 64.4 Å². The van der Waals surface area contributed by atoms with Crippen LogP contribution in [0, 0.1) is 17.0 Å². The third-order valence-electron chi connectivity index (χ3n) is 3.23. The van der Waals surface area contributed by atoms with Gasteiger partial charge in [-0.15, -0.1) is 0 Å². The normalized spacial score (nSPS) is 11.2. The highest BCUT2D eigenvalue weighted by Gasteiger charge is 2.39. The number of rotatable bonds is 4. The van der Waals surface area contributed by atoms with Crippen molar-refractivity contribution in [1.29, 1.82) is 0 Å². The average molecular weight is 326 g/mol. The number of anilines is 2. The molecule has 2 aromatic rings. The molecular formula is C15H13F3N2O3. The van der Waals surface area contributed by atoms with Gasteiger partial charge in [-0.05, 0) is 42.8 Å². The summed E-state index contributed by atoms with van der Waals surface area (Å²) in [4.78, 5) is 10.1. The van der Waals surface area contributed by atoms with Crippen LogP contribution < -0.4 is 10.1 Å². The van der Waals surface area contributed by atoms with Crippen molar-refractivity contribution < 1.29 is 22.8 Å². The molecular weight excluding hydrogens is 313 g/mol. The highest BCUT2D eigenvalue weighted by molar-refractivity contribution is 5.74. The Morgan fingerprint density at radius 3 is 2.39 bits per heavy atom. The summed E-state index contributed by atoms with van der Waals surface area (Å²) in [6, 6.07) is 7.90. The lowest BCUT2D eigenvalue weighted by Crippen LogP contribution is -2.10. The first-order valence-corrected chi connectivity index (χ1v) is 6.50. The number of nitrogens with one attached hydrogen (secondary N) is 1. The SMILES string of the molecule is COc1ccc(Nc2cccc(C(F)(F)F)c2[N+](=O)[O-])c(C)c1. The second-order valence-corrected chi connectivity index (χ2v) is 4.76. The maximum Gasteiger partial charge on any atom is 0.423 e. The Labute approximate surface area is 129 Å². The molecule has 0 fully saturated rings.